The van der Waals surface area contributed by atoms with Crippen LogP contribution in [0.2, 0.25) is 0 Å². The van der Waals surface area contributed by atoms with Crippen molar-refractivity contribution >= 4 is 21.8 Å². The van der Waals surface area contributed by atoms with E-state index in [0.29, 0.717) is 34.8 Å². The van der Waals surface area contributed by atoms with E-state index in [9.17, 15) is 4.79 Å². The Hall–Kier alpha value is -0.790. The number of hydrogen-bond acceptors (Lipinski definition) is 5. The SMILES string of the molecule is CCOC1CCC(C[C@@H](CN(C)/C(=C\N)C2CCC(Br)CC2)NC(=O)C2CC3CCCCC3O2)CC1. The summed E-state index contributed by atoms with van der Waals surface area (Å²) in [4.78, 5) is 16.4. The van der Waals surface area contributed by atoms with Crippen molar-refractivity contribution in [2.75, 3.05) is 20.2 Å². The molecule has 6 nitrogen and oxygen atoms in total. The van der Waals surface area contributed by atoms with Gasteiger partial charge in [-0.3, -0.25) is 4.79 Å². The van der Waals surface area contributed by atoms with Crippen molar-refractivity contribution < 1.29 is 14.3 Å². The molecule has 206 valence electrons. The van der Waals surface area contributed by atoms with E-state index in [1.165, 1.54) is 63.5 Å². The average Bonchev–Trinajstić information content (AvgIpc) is 3.32. The number of alkyl halides is 1. The van der Waals surface area contributed by atoms with E-state index in [0.717, 1.165) is 45.3 Å². The quantitative estimate of drug-likeness (QED) is 0.341. The van der Waals surface area contributed by atoms with Gasteiger partial charge in [0.25, 0.3) is 0 Å². The first-order chi connectivity index (χ1) is 17.5. The van der Waals surface area contributed by atoms with Gasteiger partial charge in [-0.1, -0.05) is 28.8 Å². The Labute approximate surface area is 227 Å². The summed E-state index contributed by atoms with van der Waals surface area (Å²) in [7, 11) is 2.16. The third-order valence-electron chi connectivity index (χ3n) is 9.33. The molecule has 3 saturated carbocycles. The van der Waals surface area contributed by atoms with Crippen molar-refractivity contribution in [1.82, 2.24) is 10.2 Å². The highest BCUT2D eigenvalue weighted by molar-refractivity contribution is 9.09. The lowest BCUT2D eigenvalue weighted by atomic mass is 9.82. The molecular formula is C29H50BrN3O3. The number of ether oxygens (including phenoxy) is 2. The monoisotopic (exact) mass is 567 g/mol. The molecule has 7 heteroatoms. The number of rotatable bonds is 10. The van der Waals surface area contributed by atoms with Crippen molar-refractivity contribution in [3.05, 3.63) is 11.9 Å². The lowest BCUT2D eigenvalue weighted by Gasteiger charge is -2.37. The standard InChI is InChI=1S/C29H50BrN3O3/c1-3-35-25-14-8-20(9-15-25)16-24(19-33(2)26(18-31)21-10-12-23(30)13-11-21)32-29(34)28-17-22-6-4-5-7-27(22)36-28/h18,20-25,27-28H,3-17,19,31H2,1-2H3,(H,32,34)/b26-18-/t20?,21?,22?,23?,24-,25?,27?,28?/m0/s1. The maximum atomic E-state index is 13.4. The van der Waals surface area contributed by atoms with Gasteiger partial charge in [0.2, 0.25) is 5.91 Å². The molecule has 36 heavy (non-hydrogen) atoms. The number of amides is 1. The van der Waals surface area contributed by atoms with Crippen LogP contribution in [0, 0.1) is 17.8 Å². The normalized spacial score (nSPS) is 36.2. The molecule has 0 bridgehead atoms. The van der Waals surface area contributed by atoms with Gasteiger partial charge in [0.15, 0.2) is 0 Å². The van der Waals surface area contributed by atoms with Crippen molar-refractivity contribution in [3.63, 3.8) is 0 Å². The second-order valence-corrected chi connectivity index (χ2v) is 13.2. The Bertz CT molecular complexity index is 705. The van der Waals surface area contributed by atoms with E-state index in [2.05, 4.69) is 40.1 Å². The molecule has 4 aliphatic rings. The average molecular weight is 569 g/mol. The Morgan fingerprint density at radius 3 is 2.50 bits per heavy atom. The predicted molar refractivity (Wildman–Crippen MR) is 149 cm³/mol. The Morgan fingerprint density at radius 1 is 1.11 bits per heavy atom. The number of nitrogens with zero attached hydrogens (tertiary/aromatic N) is 1. The van der Waals surface area contributed by atoms with Gasteiger partial charge in [-0.25, -0.2) is 0 Å². The molecule has 1 aliphatic heterocycles. The summed E-state index contributed by atoms with van der Waals surface area (Å²) in [6.07, 6.45) is 18.3. The molecule has 0 radical (unpaired) electrons. The lowest BCUT2D eigenvalue weighted by Crippen LogP contribution is -2.48. The smallest absolute Gasteiger partial charge is 0.249 e. The van der Waals surface area contributed by atoms with Crippen molar-refractivity contribution in [2.24, 2.45) is 23.5 Å². The molecule has 0 aromatic rings. The first-order valence-electron chi connectivity index (χ1n) is 14.8. The minimum atomic E-state index is -0.279. The molecular weight excluding hydrogens is 518 g/mol. The minimum absolute atomic E-state index is 0.101. The lowest BCUT2D eigenvalue weighted by molar-refractivity contribution is -0.133. The first-order valence-corrected chi connectivity index (χ1v) is 15.7. The van der Waals surface area contributed by atoms with Crippen LogP contribution < -0.4 is 11.1 Å². The van der Waals surface area contributed by atoms with Crippen LogP contribution in [-0.2, 0) is 14.3 Å². The molecule has 3 unspecified atom stereocenters. The van der Waals surface area contributed by atoms with Gasteiger partial charge >= 0.3 is 0 Å². The molecule has 0 aromatic carbocycles. The van der Waals surface area contributed by atoms with Gasteiger partial charge in [0.05, 0.1) is 12.2 Å². The van der Waals surface area contributed by atoms with Gasteiger partial charge < -0.3 is 25.4 Å². The maximum Gasteiger partial charge on any atom is 0.249 e. The number of hydrogen-bond donors (Lipinski definition) is 2. The number of halogens is 1. The highest BCUT2D eigenvalue weighted by atomic mass is 79.9. The molecule has 4 rings (SSSR count). The van der Waals surface area contributed by atoms with E-state index < -0.39 is 0 Å². The molecule has 1 heterocycles. The second-order valence-electron chi connectivity index (χ2n) is 11.9. The van der Waals surface area contributed by atoms with Crippen LogP contribution in [0.25, 0.3) is 0 Å². The van der Waals surface area contributed by atoms with Crippen LogP contribution in [0.5, 0.6) is 0 Å². The van der Waals surface area contributed by atoms with E-state index in [1.807, 2.05) is 6.20 Å². The summed E-state index contributed by atoms with van der Waals surface area (Å²) in [5.41, 5.74) is 7.41. The third kappa shape index (κ3) is 7.63. The summed E-state index contributed by atoms with van der Waals surface area (Å²) in [5, 5.41) is 3.46. The zero-order chi connectivity index (χ0) is 25.5. The molecule has 1 amide bonds. The Balaban J connectivity index is 1.37. The van der Waals surface area contributed by atoms with E-state index >= 15 is 0 Å². The van der Waals surface area contributed by atoms with Crippen LogP contribution in [0.4, 0.5) is 0 Å². The van der Waals surface area contributed by atoms with Crippen LogP contribution in [0.3, 0.4) is 0 Å². The van der Waals surface area contributed by atoms with Crippen LogP contribution >= 0.6 is 15.9 Å². The number of carbonyl (C=O) groups is 1. The summed E-state index contributed by atoms with van der Waals surface area (Å²) >= 11 is 3.78. The van der Waals surface area contributed by atoms with Crippen molar-refractivity contribution in [1.29, 1.82) is 0 Å². The van der Waals surface area contributed by atoms with Gasteiger partial charge in [-0.15, -0.1) is 0 Å². The highest BCUT2D eigenvalue weighted by Gasteiger charge is 2.40. The molecule has 3 aliphatic carbocycles. The van der Waals surface area contributed by atoms with Crippen LogP contribution in [-0.4, -0.2) is 60.2 Å². The third-order valence-corrected chi connectivity index (χ3v) is 10.2. The van der Waals surface area contributed by atoms with Crippen LogP contribution in [0.15, 0.2) is 11.9 Å². The molecule has 0 spiro atoms. The number of allylic oxidation sites excluding steroid dienone is 1. The predicted octanol–water partition coefficient (Wildman–Crippen LogP) is 5.49. The number of nitrogens with one attached hydrogen (secondary N) is 1. The number of nitrogens with two attached hydrogens (primary N) is 1. The van der Waals surface area contributed by atoms with Gasteiger partial charge in [-0.05, 0) is 95.8 Å². The van der Waals surface area contributed by atoms with E-state index in [1.54, 1.807) is 0 Å². The summed E-state index contributed by atoms with van der Waals surface area (Å²) < 4.78 is 12.1. The van der Waals surface area contributed by atoms with E-state index in [-0.39, 0.29) is 18.1 Å². The second kappa shape index (κ2) is 13.8. The summed E-state index contributed by atoms with van der Waals surface area (Å²) in [5.74, 6) is 1.80. The Kier molecular flexibility index (Phi) is 10.9. The van der Waals surface area contributed by atoms with Gasteiger partial charge in [0, 0.05) is 48.9 Å². The topological polar surface area (TPSA) is 76.8 Å². The maximum absolute atomic E-state index is 13.4. The number of likely N-dealkylation sites (N-methyl/N-ethyl adjacent to an activating group) is 1. The molecule has 3 N–H and O–H groups in total. The van der Waals surface area contributed by atoms with E-state index in [4.69, 9.17) is 15.2 Å². The highest BCUT2D eigenvalue weighted by Crippen LogP contribution is 2.38. The molecule has 4 atom stereocenters. The van der Waals surface area contributed by atoms with Gasteiger partial charge in [0.1, 0.15) is 6.10 Å². The largest absolute Gasteiger partial charge is 0.403 e. The number of carbonyl (C=O) groups excluding carboxylic acids is 1. The van der Waals surface area contributed by atoms with Crippen molar-refractivity contribution in [3.8, 4) is 0 Å². The first kappa shape index (κ1) is 28.2. The summed E-state index contributed by atoms with van der Waals surface area (Å²) in [6, 6.07) is 0.102. The number of fused-ring (bicyclic) bond motifs is 1. The fourth-order valence-corrected chi connectivity index (χ4v) is 7.87. The fraction of sp³-hybridized carbons (Fsp3) is 0.897. The molecule has 4 fully saturated rings. The molecule has 1 saturated heterocycles. The van der Waals surface area contributed by atoms with Crippen LogP contribution in [0.1, 0.15) is 96.8 Å². The molecule has 0 aromatic heterocycles. The van der Waals surface area contributed by atoms with Crippen molar-refractivity contribution in [2.45, 2.75) is 126 Å². The Morgan fingerprint density at radius 2 is 1.83 bits per heavy atom. The van der Waals surface area contributed by atoms with Gasteiger partial charge in [-0.2, -0.15) is 0 Å². The fourth-order valence-electron chi connectivity index (χ4n) is 7.34. The minimum Gasteiger partial charge on any atom is -0.403 e. The zero-order valence-corrected chi connectivity index (χ0v) is 24.2. The summed E-state index contributed by atoms with van der Waals surface area (Å²) in [6.45, 7) is 3.68. The zero-order valence-electron chi connectivity index (χ0n) is 22.6.